The van der Waals surface area contributed by atoms with E-state index in [0.717, 1.165) is 11.3 Å². The minimum absolute atomic E-state index is 0.108. The van der Waals surface area contributed by atoms with Crippen LogP contribution in [0.4, 0.5) is 0 Å². The van der Waals surface area contributed by atoms with Crippen LogP contribution in [0.15, 0.2) is 60.9 Å². The number of para-hydroxylation sites is 3. The third-order valence-corrected chi connectivity index (χ3v) is 3.01. The first kappa shape index (κ1) is 12.3. The van der Waals surface area contributed by atoms with E-state index in [-0.39, 0.29) is 5.75 Å². The molecule has 0 spiro atoms. The van der Waals surface area contributed by atoms with E-state index in [1.54, 1.807) is 41.3 Å². The first-order valence-electron chi connectivity index (χ1n) is 6.30. The van der Waals surface area contributed by atoms with Crippen molar-refractivity contribution in [3.05, 3.63) is 66.5 Å². The van der Waals surface area contributed by atoms with Crippen molar-refractivity contribution in [2.45, 2.75) is 6.92 Å². The second kappa shape index (κ2) is 5.09. The molecule has 1 heterocycles. The molecule has 0 fully saturated rings. The highest BCUT2D eigenvalue weighted by atomic mass is 16.5. The van der Waals surface area contributed by atoms with E-state index in [2.05, 4.69) is 5.10 Å². The van der Waals surface area contributed by atoms with Crippen molar-refractivity contribution in [2.24, 2.45) is 0 Å². The van der Waals surface area contributed by atoms with E-state index in [9.17, 15) is 5.11 Å². The lowest BCUT2D eigenvalue weighted by molar-refractivity contribution is 0.411. The summed E-state index contributed by atoms with van der Waals surface area (Å²) in [5.74, 6) is 1.10. The first-order valence-corrected chi connectivity index (χ1v) is 6.30. The van der Waals surface area contributed by atoms with E-state index < -0.39 is 0 Å². The Morgan fingerprint density at radius 1 is 1.05 bits per heavy atom. The number of nitrogens with zero attached hydrogens (tertiary/aromatic N) is 2. The summed E-state index contributed by atoms with van der Waals surface area (Å²) in [5.41, 5.74) is 2.13. The minimum Gasteiger partial charge on any atom is -0.504 e. The summed E-state index contributed by atoms with van der Waals surface area (Å²) in [4.78, 5) is 0. The van der Waals surface area contributed by atoms with Crippen LogP contribution in [-0.4, -0.2) is 14.9 Å². The fraction of sp³-hybridized carbons (Fsp3) is 0.0625. The second-order valence-electron chi connectivity index (χ2n) is 4.48. The Hall–Kier alpha value is -2.75. The van der Waals surface area contributed by atoms with E-state index in [1.165, 1.54) is 0 Å². The van der Waals surface area contributed by atoms with Crippen LogP contribution in [0.25, 0.3) is 5.69 Å². The quantitative estimate of drug-likeness (QED) is 0.786. The molecule has 0 radical (unpaired) electrons. The van der Waals surface area contributed by atoms with Gasteiger partial charge in [0, 0.05) is 0 Å². The number of rotatable bonds is 3. The Morgan fingerprint density at radius 2 is 1.80 bits per heavy atom. The lowest BCUT2D eigenvalue weighted by atomic mass is 10.2. The normalized spacial score (nSPS) is 10.4. The van der Waals surface area contributed by atoms with Gasteiger partial charge in [-0.1, -0.05) is 30.3 Å². The molecule has 0 amide bonds. The van der Waals surface area contributed by atoms with Crippen molar-refractivity contribution in [1.29, 1.82) is 0 Å². The Labute approximate surface area is 116 Å². The number of ether oxygens (including phenoxy) is 1. The van der Waals surface area contributed by atoms with Crippen LogP contribution in [-0.2, 0) is 0 Å². The van der Waals surface area contributed by atoms with Gasteiger partial charge in [0.2, 0.25) is 0 Å². The van der Waals surface area contributed by atoms with Crippen molar-refractivity contribution in [3.63, 3.8) is 0 Å². The number of phenolic OH excluding ortho intramolecular Hbond substituents is 1. The summed E-state index contributed by atoms with van der Waals surface area (Å²) in [6.07, 6.45) is 3.41. The van der Waals surface area contributed by atoms with Gasteiger partial charge in [-0.3, -0.25) is 0 Å². The summed E-state index contributed by atoms with van der Waals surface area (Å²) in [7, 11) is 0. The van der Waals surface area contributed by atoms with Gasteiger partial charge in [-0.2, -0.15) is 5.10 Å². The maximum Gasteiger partial charge on any atom is 0.169 e. The van der Waals surface area contributed by atoms with E-state index in [4.69, 9.17) is 4.74 Å². The van der Waals surface area contributed by atoms with E-state index in [0.29, 0.717) is 11.5 Å². The molecule has 0 aliphatic rings. The molecule has 1 aromatic heterocycles. The lowest BCUT2D eigenvalue weighted by Crippen LogP contribution is -1.96. The number of aromatic hydroxyl groups is 1. The molecule has 2 aromatic carbocycles. The fourth-order valence-electron chi connectivity index (χ4n) is 1.98. The molecule has 100 valence electrons. The molecule has 3 rings (SSSR count). The Morgan fingerprint density at radius 3 is 2.60 bits per heavy atom. The lowest BCUT2D eigenvalue weighted by Gasteiger charge is -2.05. The molecule has 0 aliphatic carbocycles. The van der Waals surface area contributed by atoms with Gasteiger partial charge >= 0.3 is 0 Å². The predicted molar refractivity (Wildman–Crippen MR) is 76.5 cm³/mol. The number of phenols is 1. The number of benzene rings is 2. The molecule has 0 saturated carbocycles. The molecule has 3 aromatic rings. The molecular formula is C16H14N2O2. The highest BCUT2D eigenvalue weighted by molar-refractivity contribution is 5.43. The molecule has 0 atom stereocenters. The smallest absolute Gasteiger partial charge is 0.169 e. The monoisotopic (exact) mass is 266 g/mol. The topological polar surface area (TPSA) is 47.3 Å². The Bertz CT molecular complexity index is 735. The van der Waals surface area contributed by atoms with Crippen molar-refractivity contribution in [3.8, 4) is 22.9 Å². The summed E-state index contributed by atoms with van der Waals surface area (Å²) >= 11 is 0. The highest BCUT2D eigenvalue weighted by Gasteiger charge is 2.07. The van der Waals surface area contributed by atoms with Crippen LogP contribution in [0.1, 0.15) is 5.56 Å². The van der Waals surface area contributed by atoms with Crippen molar-refractivity contribution in [2.75, 3.05) is 0 Å². The van der Waals surface area contributed by atoms with Gasteiger partial charge in [-0.05, 0) is 30.7 Å². The molecular weight excluding hydrogens is 252 g/mol. The third kappa shape index (κ3) is 2.36. The van der Waals surface area contributed by atoms with Gasteiger partial charge < -0.3 is 9.84 Å². The van der Waals surface area contributed by atoms with Gasteiger partial charge in [-0.25, -0.2) is 4.68 Å². The first-order chi connectivity index (χ1) is 9.74. The van der Waals surface area contributed by atoms with Crippen LogP contribution >= 0.6 is 0 Å². The van der Waals surface area contributed by atoms with Crippen molar-refractivity contribution < 1.29 is 9.84 Å². The molecule has 4 nitrogen and oxygen atoms in total. The minimum atomic E-state index is 0.108. The second-order valence-corrected chi connectivity index (χ2v) is 4.48. The summed E-state index contributed by atoms with van der Waals surface area (Å²) < 4.78 is 7.37. The summed E-state index contributed by atoms with van der Waals surface area (Å²) in [5, 5.41) is 14.0. The number of hydrogen-bond acceptors (Lipinski definition) is 3. The van der Waals surface area contributed by atoms with Crippen LogP contribution in [0, 0.1) is 6.92 Å². The highest BCUT2D eigenvalue weighted by Crippen LogP contribution is 2.30. The zero-order chi connectivity index (χ0) is 13.9. The van der Waals surface area contributed by atoms with Crippen molar-refractivity contribution >= 4 is 0 Å². The molecule has 0 saturated heterocycles. The Balaban J connectivity index is 1.88. The maximum absolute atomic E-state index is 9.69. The average Bonchev–Trinajstić information content (AvgIpc) is 2.90. The largest absolute Gasteiger partial charge is 0.504 e. The zero-order valence-electron chi connectivity index (χ0n) is 11.0. The predicted octanol–water partition coefficient (Wildman–Crippen LogP) is 3.68. The van der Waals surface area contributed by atoms with Gasteiger partial charge in [0.05, 0.1) is 18.1 Å². The molecule has 0 bridgehead atoms. The fourth-order valence-corrected chi connectivity index (χ4v) is 1.98. The van der Waals surface area contributed by atoms with Crippen molar-refractivity contribution in [1.82, 2.24) is 9.78 Å². The molecule has 1 N–H and O–H groups in total. The SMILES string of the molecule is Cc1ccccc1-n1cc(Oc2ccccc2O)cn1. The van der Waals surface area contributed by atoms with Crippen LogP contribution in [0.2, 0.25) is 0 Å². The zero-order valence-corrected chi connectivity index (χ0v) is 11.0. The van der Waals surface area contributed by atoms with Crippen LogP contribution in [0.5, 0.6) is 17.2 Å². The molecule has 4 heteroatoms. The van der Waals surface area contributed by atoms with Gasteiger partial charge in [0.15, 0.2) is 17.2 Å². The van der Waals surface area contributed by atoms with Crippen LogP contribution < -0.4 is 4.74 Å². The average molecular weight is 266 g/mol. The summed E-state index contributed by atoms with van der Waals surface area (Å²) in [6.45, 7) is 2.03. The molecule has 0 aliphatic heterocycles. The molecule has 0 unspecified atom stereocenters. The standard InChI is InChI=1S/C16H14N2O2/c1-12-6-2-3-7-14(12)18-11-13(10-17-18)20-16-9-5-4-8-15(16)19/h2-11,19H,1H3. The number of aryl methyl sites for hydroxylation is 1. The number of hydrogen-bond donors (Lipinski definition) is 1. The van der Waals surface area contributed by atoms with E-state index >= 15 is 0 Å². The Kier molecular flexibility index (Phi) is 3.13. The number of aromatic nitrogens is 2. The van der Waals surface area contributed by atoms with Crippen LogP contribution in [0.3, 0.4) is 0 Å². The van der Waals surface area contributed by atoms with Gasteiger partial charge in [-0.15, -0.1) is 0 Å². The molecule has 20 heavy (non-hydrogen) atoms. The maximum atomic E-state index is 9.69. The van der Waals surface area contributed by atoms with E-state index in [1.807, 2.05) is 31.2 Å². The summed E-state index contributed by atoms with van der Waals surface area (Å²) in [6, 6.07) is 14.8. The van der Waals surface area contributed by atoms with Gasteiger partial charge in [0.1, 0.15) is 0 Å². The van der Waals surface area contributed by atoms with Gasteiger partial charge in [0.25, 0.3) is 0 Å². The third-order valence-electron chi connectivity index (χ3n) is 3.01.